The van der Waals surface area contributed by atoms with Crippen molar-refractivity contribution >= 4 is 11.8 Å². The minimum Gasteiger partial charge on any atom is -0.449 e. The SMILES string of the molecule is CC(=O)c1ccc(-c2ccc(C(=O)O[C@H](C)C#N)o2)cc1. The number of esters is 1. The van der Waals surface area contributed by atoms with Crippen molar-refractivity contribution in [1.82, 2.24) is 0 Å². The van der Waals surface area contributed by atoms with Crippen LogP contribution < -0.4 is 0 Å². The zero-order valence-electron chi connectivity index (χ0n) is 11.6. The lowest BCUT2D eigenvalue weighted by molar-refractivity contribution is 0.0400. The summed E-state index contributed by atoms with van der Waals surface area (Å²) in [5.41, 5.74) is 1.35. The van der Waals surface area contributed by atoms with Gasteiger partial charge in [0.25, 0.3) is 0 Å². The molecular formula is C16H13NO4. The van der Waals surface area contributed by atoms with Gasteiger partial charge in [-0.25, -0.2) is 4.79 Å². The van der Waals surface area contributed by atoms with Crippen LogP contribution in [0.1, 0.15) is 34.8 Å². The summed E-state index contributed by atoms with van der Waals surface area (Å²) in [5.74, 6) is -0.184. The number of nitriles is 1. The van der Waals surface area contributed by atoms with Crippen molar-refractivity contribution in [1.29, 1.82) is 5.26 Å². The van der Waals surface area contributed by atoms with Gasteiger partial charge < -0.3 is 9.15 Å². The number of nitrogens with zero attached hydrogens (tertiary/aromatic N) is 1. The molecular weight excluding hydrogens is 270 g/mol. The van der Waals surface area contributed by atoms with Gasteiger partial charge in [0.2, 0.25) is 5.76 Å². The van der Waals surface area contributed by atoms with E-state index in [1.54, 1.807) is 36.4 Å². The van der Waals surface area contributed by atoms with Crippen LogP contribution in [0, 0.1) is 11.3 Å². The van der Waals surface area contributed by atoms with Crippen LogP contribution in [0.4, 0.5) is 0 Å². The first-order chi connectivity index (χ1) is 10.0. The van der Waals surface area contributed by atoms with Crippen LogP contribution in [-0.4, -0.2) is 17.9 Å². The van der Waals surface area contributed by atoms with E-state index in [0.29, 0.717) is 11.3 Å². The summed E-state index contributed by atoms with van der Waals surface area (Å²) >= 11 is 0. The normalized spacial score (nSPS) is 11.5. The third kappa shape index (κ3) is 3.37. The second-order valence-corrected chi connectivity index (χ2v) is 4.47. The topological polar surface area (TPSA) is 80.3 Å². The zero-order chi connectivity index (χ0) is 15.4. The average Bonchev–Trinajstić information content (AvgIpc) is 2.97. The summed E-state index contributed by atoms with van der Waals surface area (Å²) in [7, 11) is 0. The van der Waals surface area contributed by atoms with Gasteiger partial charge >= 0.3 is 5.97 Å². The molecule has 0 radical (unpaired) electrons. The van der Waals surface area contributed by atoms with Gasteiger partial charge in [0.15, 0.2) is 11.9 Å². The molecule has 0 saturated heterocycles. The Labute approximate surface area is 121 Å². The van der Waals surface area contributed by atoms with Gasteiger partial charge in [-0.2, -0.15) is 5.26 Å². The highest BCUT2D eigenvalue weighted by Crippen LogP contribution is 2.23. The highest BCUT2D eigenvalue weighted by molar-refractivity contribution is 5.94. The highest BCUT2D eigenvalue weighted by Gasteiger charge is 2.16. The summed E-state index contributed by atoms with van der Waals surface area (Å²) in [6, 6.07) is 11.8. The molecule has 1 heterocycles. The van der Waals surface area contributed by atoms with E-state index in [4.69, 9.17) is 14.4 Å². The quantitative estimate of drug-likeness (QED) is 0.635. The summed E-state index contributed by atoms with van der Waals surface area (Å²) in [6.07, 6.45) is -0.832. The third-order valence-electron chi connectivity index (χ3n) is 2.85. The second kappa shape index (κ2) is 6.06. The molecule has 0 unspecified atom stereocenters. The first kappa shape index (κ1) is 14.5. The van der Waals surface area contributed by atoms with E-state index < -0.39 is 12.1 Å². The van der Waals surface area contributed by atoms with Crippen LogP contribution in [0.3, 0.4) is 0 Å². The minimum atomic E-state index is -0.832. The fraction of sp³-hybridized carbons (Fsp3) is 0.188. The van der Waals surface area contributed by atoms with Gasteiger partial charge in [-0.3, -0.25) is 4.79 Å². The lowest BCUT2D eigenvalue weighted by Gasteiger charge is -2.03. The summed E-state index contributed by atoms with van der Waals surface area (Å²) in [5, 5.41) is 8.60. The van der Waals surface area contributed by atoms with Crippen LogP contribution in [0.5, 0.6) is 0 Å². The number of furan rings is 1. The zero-order valence-corrected chi connectivity index (χ0v) is 11.6. The number of carbonyl (C=O) groups is 2. The molecule has 0 N–H and O–H groups in total. The molecule has 0 amide bonds. The van der Waals surface area contributed by atoms with E-state index in [-0.39, 0.29) is 11.5 Å². The Morgan fingerprint density at radius 3 is 2.43 bits per heavy atom. The Morgan fingerprint density at radius 2 is 1.86 bits per heavy atom. The van der Waals surface area contributed by atoms with Crippen molar-refractivity contribution < 1.29 is 18.7 Å². The largest absolute Gasteiger partial charge is 0.449 e. The standard InChI is InChI=1S/C16H13NO4/c1-10(9-17)20-16(19)15-8-7-14(21-15)13-5-3-12(4-6-13)11(2)18/h3-8,10H,1-2H3/t10-/m1/s1. The number of ketones is 1. The maximum atomic E-state index is 11.7. The fourth-order valence-electron chi connectivity index (χ4n) is 1.72. The average molecular weight is 283 g/mol. The Bertz CT molecular complexity index is 707. The molecule has 1 aromatic carbocycles. The minimum absolute atomic E-state index is 0.0178. The molecule has 21 heavy (non-hydrogen) atoms. The molecule has 0 aliphatic heterocycles. The van der Waals surface area contributed by atoms with Crippen molar-refractivity contribution in [2.75, 3.05) is 0 Å². The van der Waals surface area contributed by atoms with E-state index in [9.17, 15) is 9.59 Å². The van der Waals surface area contributed by atoms with Crippen LogP contribution in [0.15, 0.2) is 40.8 Å². The number of hydrogen-bond acceptors (Lipinski definition) is 5. The van der Waals surface area contributed by atoms with Gasteiger partial charge in [-0.15, -0.1) is 0 Å². The van der Waals surface area contributed by atoms with Gasteiger partial charge in [-0.1, -0.05) is 24.3 Å². The first-order valence-electron chi connectivity index (χ1n) is 6.33. The van der Waals surface area contributed by atoms with Crippen LogP contribution in [0.2, 0.25) is 0 Å². The molecule has 5 nitrogen and oxygen atoms in total. The predicted molar refractivity (Wildman–Crippen MR) is 74.6 cm³/mol. The van der Waals surface area contributed by atoms with Gasteiger partial charge in [0.1, 0.15) is 11.8 Å². The van der Waals surface area contributed by atoms with Gasteiger partial charge in [0.05, 0.1) is 0 Å². The van der Waals surface area contributed by atoms with E-state index >= 15 is 0 Å². The number of benzene rings is 1. The molecule has 106 valence electrons. The first-order valence-corrected chi connectivity index (χ1v) is 6.33. The summed E-state index contributed by atoms with van der Waals surface area (Å²) in [6.45, 7) is 2.97. The van der Waals surface area contributed by atoms with E-state index in [0.717, 1.165) is 5.56 Å². The number of hydrogen-bond donors (Lipinski definition) is 0. The fourth-order valence-corrected chi connectivity index (χ4v) is 1.72. The highest BCUT2D eigenvalue weighted by atomic mass is 16.6. The van der Waals surface area contributed by atoms with Crippen molar-refractivity contribution in [3.8, 4) is 17.4 Å². The Morgan fingerprint density at radius 1 is 1.19 bits per heavy atom. The molecule has 1 aromatic heterocycles. The number of ether oxygens (including phenoxy) is 1. The Kier molecular flexibility index (Phi) is 4.19. The molecule has 0 bridgehead atoms. The lowest BCUT2D eigenvalue weighted by Crippen LogP contribution is -2.12. The number of rotatable bonds is 4. The number of carbonyl (C=O) groups excluding carboxylic acids is 2. The molecule has 2 aromatic rings. The van der Waals surface area contributed by atoms with Gasteiger partial charge in [-0.05, 0) is 26.0 Å². The maximum Gasteiger partial charge on any atom is 0.375 e. The molecule has 1 atom stereocenters. The van der Waals surface area contributed by atoms with Crippen LogP contribution >= 0.6 is 0 Å². The third-order valence-corrected chi connectivity index (χ3v) is 2.85. The van der Waals surface area contributed by atoms with Crippen molar-refractivity contribution in [3.05, 3.63) is 47.7 Å². The van der Waals surface area contributed by atoms with E-state index in [1.165, 1.54) is 19.9 Å². The van der Waals surface area contributed by atoms with E-state index in [2.05, 4.69) is 0 Å². The Balaban J connectivity index is 2.18. The molecule has 2 rings (SSSR count). The molecule has 0 saturated carbocycles. The Hall–Kier alpha value is -2.87. The van der Waals surface area contributed by atoms with E-state index in [1.807, 2.05) is 0 Å². The lowest BCUT2D eigenvalue weighted by atomic mass is 10.1. The number of Topliss-reactive ketones (excluding diaryl/α,β-unsaturated/α-hetero) is 1. The smallest absolute Gasteiger partial charge is 0.375 e. The van der Waals surface area contributed by atoms with Crippen molar-refractivity contribution in [2.24, 2.45) is 0 Å². The molecule has 0 aliphatic rings. The molecule has 0 aliphatic carbocycles. The molecule has 0 fully saturated rings. The summed E-state index contributed by atoms with van der Waals surface area (Å²) < 4.78 is 10.3. The maximum absolute atomic E-state index is 11.7. The molecule has 5 heteroatoms. The van der Waals surface area contributed by atoms with Crippen LogP contribution in [0.25, 0.3) is 11.3 Å². The van der Waals surface area contributed by atoms with Crippen molar-refractivity contribution in [3.63, 3.8) is 0 Å². The second-order valence-electron chi connectivity index (χ2n) is 4.47. The monoisotopic (exact) mass is 283 g/mol. The molecule has 0 spiro atoms. The van der Waals surface area contributed by atoms with Gasteiger partial charge in [0, 0.05) is 11.1 Å². The predicted octanol–water partition coefficient (Wildman–Crippen LogP) is 3.22. The van der Waals surface area contributed by atoms with Crippen LogP contribution in [-0.2, 0) is 4.74 Å². The van der Waals surface area contributed by atoms with Crippen molar-refractivity contribution in [2.45, 2.75) is 20.0 Å². The summed E-state index contributed by atoms with van der Waals surface area (Å²) in [4.78, 5) is 22.9.